The Bertz CT molecular complexity index is 594. The molecule has 0 saturated carbocycles. The number of hydrogen-bond donors (Lipinski definition) is 2. The summed E-state index contributed by atoms with van der Waals surface area (Å²) >= 11 is 0. The van der Waals surface area contributed by atoms with Gasteiger partial charge in [0.1, 0.15) is 11.6 Å². The maximum Gasteiger partial charge on any atom is 0.148 e. The summed E-state index contributed by atoms with van der Waals surface area (Å²) in [7, 11) is 1.50. The van der Waals surface area contributed by atoms with E-state index in [9.17, 15) is 4.39 Å². The van der Waals surface area contributed by atoms with Crippen molar-refractivity contribution in [3.05, 3.63) is 47.8 Å². The number of rotatable bonds is 4. The number of hydrogen-bond acceptors (Lipinski definition) is 3. The Morgan fingerprint density at radius 2 is 1.80 bits per heavy atom. The van der Waals surface area contributed by atoms with Gasteiger partial charge < -0.3 is 15.8 Å². The Morgan fingerprint density at radius 3 is 2.35 bits per heavy atom. The molecule has 3 N–H and O–H groups in total. The molecule has 0 aromatic heterocycles. The van der Waals surface area contributed by atoms with Crippen molar-refractivity contribution in [2.24, 2.45) is 0 Å². The van der Waals surface area contributed by atoms with Crippen molar-refractivity contribution < 1.29 is 9.13 Å². The van der Waals surface area contributed by atoms with Crippen molar-refractivity contribution in [3.63, 3.8) is 0 Å². The molecule has 0 heterocycles. The third-order valence-electron chi connectivity index (χ3n) is 3.18. The SMILES string of the molecule is COc1cc(Nc2ccc(C(C)C)cc2)c(F)cc1N. The van der Waals surface area contributed by atoms with Crippen molar-refractivity contribution in [3.8, 4) is 5.75 Å². The van der Waals surface area contributed by atoms with Crippen LogP contribution in [0.4, 0.5) is 21.5 Å². The monoisotopic (exact) mass is 274 g/mol. The molecule has 4 heteroatoms. The molecule has 0 unspecified atom stereocenters. The van der Waals surface area contributed by atoms with Gasteiger partial charge in [0.2, 0.25) is 0 Å². The van der Waals surface area contributed by atoms with Crippen LogP contribution in [0.2, 0.25) is 0 Å². The number of anilines is 3. The smallest absolute Gasteiger partial charge is 0.148 e. The fourth-order valence-corrected chi connectivity index (χ4v) is 1.95. The van der Waals surface area contributed by atoms with Gasteiger partial charge in [-0.25, -0.2) is 4.39 Å². The second-order valence-electron chi connectivity index (χ2n) is 4.98. The zero-order valence-electron chi connectivity index (χ0n) is 11.9. The lowest BCUT2D eigenvalue weighted by Gasteiger charge is -2.12. The van der Waals surface area contributed by atoms with Gasteiger partial charge in [-0.1, -0.05) is 26.0 Å². The lowest BCUT2D eigenvalue weighted by atomic mass is 10.0. The first kappa shape index (κ1) is 14.2. The number of nitrogen functional groups attached to an aromatic ring is 1. The van der Waals surface area contributed by atoms with E-state index in [4.69, 9.17) is 10.5 Å². The summed E-state index contributed by atoms with van der Waals surface area (Å²) in [6.45, 7) is 4.26. The first-order valence-electron chi connectivity index (χ1n) is 6.51. The minimum absolute atomic E-state index is 0.283. The van der Waals surface area contributed by atoms with Crippen LogP contribution in [-0.4, -0.2) is 7.11 Å². The molecule has 20 heavy (non-hydrogen) atoms. The van der Waals surface area contributed by atoms with E-state index < -0.39 is 5.82 Å². The molecule has 0 fully saturated rings. The lowest BCUT2D eigenvalue weighted by Crippen LogP contribution is -1.99. The highest BCUT2D eigenvalue weighted by Crippen LogP contribution is 2.30. The fraction of sp³-hybridized carbons (Fsp3) is 0.250. The predicted molar refractivity (Wildman–Crippen MR) is 81.2 cm³/mol. The van der Waals surface area contributed by atoms with Gasteiger partial charge >= 0.3 is 0 Å². The number of methoxy groups -OCH3 is 1. The van der Waals surface area contributed by atoms with Gasteiger partial charge in [-0.05, 0) is 23.6 Å². The summed E-state index contributed by atoms with van der Waals surface area (Å²) in [6, 6.07) is 10.7. The molecule has 2 aromatic carbocycles. The normalized spacial score (nSPS) is 10.7. The first-order chi connectivity index (χ1) is 9.51. The molecule has 0 saturated heterocycles. The van der Waals surface area contributed by atoms with E-state index in [0.29, 0.717) is 17.4 Å². The topological polar surface area (TPSA) is 47.3 Å². The van der Waals surface area contributed by atoms with Crippen molar-refractivity contribution >= 4 is 17.1 Å². The molecule has 0 atom stereocenters. The highest BCUT2D eigenvalue weighted by Gasteiger charge is 2.09. The number of ether oxygens (including phenoxy) is 1. The van der Waals surface area contributed by atoms with Gasteiger partial charge in [-0.15, -0.1) is 0 Å². The van der Waals surface area contributed by atoms with Crippen LogP contribution in [0, 0.1) is 5.82 Å². The van der Waals surface area contributed by atoms with Gasteiger partial charge in [0, 0.05) is 17.8 Å². The Balaban J connectivity index is 2.25. The van der Waals surface area contributed by atoms with Crippen LogP contribution >= 0.6 is 0 Å². The Morgan fingerprint density at radius 1 is 1.15 bits per heavy atom. The molecule has 2 rings (SSSR count). The van der Waals surface area contributed by atoms with Crippen LogP contribution in [0.3, 0.4) is 0 Å². The number of nitrogens with two attached hydrogens (primary N) is 1. The van der Waals surface area contributed by atoms with Gasteiger partial charge in [-0.2, -0.15) is 0 Å². The van der Waals surface area contributed by atoms with E-state index in [2.05, 4.69) is 19.2 Å². The predicted octanol–water partition coefficient (Wildman–Crippen LogP) is 4.28. The van der Waals surface area contributed by atoms with Crippen LogP contribution in [0.15, 0.2) is 36.4 Å². The summed E-state index contributed by atoms with van der Waals surface area (Å²) in [5.74, 6) is 0.515. The van der Waals surface area contributed by atoms with Gasteiger partial charge in [0.25, 0.3) is 0 Å². The summed E-state index contributed by atoms with van der Waals surface area (Å²) in [6.07, 6.45) is 0. The summed E-state index contributed by atoms with van der Waals surface area (Å²) in [4.78, 5) is 0. The van der Waals surface area contributed by atoms with E-state index >= 15 is 0 Å². The highest BCUT2D eigenvalue weighted by atomic mass is 19.1. The number of nitrogens with one attached hydrogen (secondary N) is 1. The van der Waals surface area contributed by atoms with Crippen molar-refractivity contribution in [2.45, 2.75) is 19.8 Å². The summed E-state index contributed by atoms with van der Waals surface area (Å²) in [5.41, 5.74) is 8.34. The average Bonchev–Trinajstić information content (AvgIpc) is 2.42. The summed E-state index contributed by atoms with van der Waals surface area (Å²) < 4.78 is 19.0. The van der Waals surface area contributed by atoms with Crippen LogP contribution in [0.1, 0.15) is 25.3 Å². The molecule has 3 nitrogen and oxygen atoms in total. The molecule has 106 valence electrons. The molecule has 0 aliphatic carbocycles. The second kappa shape index (κ2) is 5.82. The van der Waals surface area contributed by atoms with Crippen LogP contribution < -0.4 is 15.8 Å². The third kappa shape index (κ3) is 3.02. The van der Waals surface area contributed by atoms with E-state index in [0.717, 1.165) is 5.69 Å². The van der Waals surface area contributed by atoms with Gasteiger partial charge in [-0.3, -0.25) is 0 Å². The molecular formula is C16H19FN2O. The second-order valence-corrected chi connectivity index (χ2v) is 4.98. The molecule has 0 spiro atoms. The van der Waals surface area contributed by atoms with Crippen LogP contribution in [0.5, 0.6) is 5.75 Å². The first-order valence-corrected chi connectivity index (χ1v) is 6.51. The van der Waals surface area contributed by atoms with Crippen molar-refractivity contribution in [1.29, 1.82) is 0 Å². The molecule has 0 aliphatic rings. The van der Waals surface area contributed by atoms with Crippen molar-refractivity contribution in [1.82, 2.24) is 0 Å². The van der Waals surface area contributed by atoms with E-state index in [1.807, 2.05) is 24.3 Å². The molecule has 0 bridgehead atoms. The minimum Gasteiger partial charge on any atom is -0.495 e. The summed E-state index contributed by atoms with van der Waals surface area (Å²) in [5, 5.41) is 3.03. The lowest BCUT2D eigenvalue weighted by molar-refractivity contribution is 0.416. The fourth-order valence-electron chi connectivity index (χ4n) is 1.95. The van der Waals surface area contributed by atoms with E-state index in [1.54, 1.807) is 6.07 Å². The molecular weight excluding hydrogens is 255 g/mol. The van der Waals surface area contributed by atoms with Gasteiger partial charge in [0.05, 0.1) is 18.5 Å². The zero-order valence-corrected chi connectivity index (χ0v) is 11.9. The standard InChI is InChI=1S/C16H19FN2O/c1-10(2)11-4-6-12(7-5-11)19-15-9-16(20-3)14(18)8-13(15)17/h4-10,19H,18H2,1-3H3. The number of benzene rings is 2. The Labute approximate surface area is 118 Å². The third-order valence-corrected chi connectivity index (χ3v) is 3.18. The van der Waals surface area contributed by atoms with E-state index in [-0.39, 0.29) is 5.69 Å². The molecule has 0 aliphatic heterocycles. The van der Waals surface area contributed by atoms with Crippen LogP contribution in [-0.2, 0) is 0 Å². The number of halogens is 1. The largest absolute Gasteiger partial charge is 0.495 e. The van der Waals surface area contributed by atoms with Crippen LogP contribution in [0.25, 0.3) is 0 Å². The molecule has 0 amide bonds. The van der Waals surface area contributed by atoms with Gasteiger partial charge in [0.15, 0.2) is 0 Å². The maximum absolute atomic E-state index is 13.9. The zero-order chi connectivity index (χ0) is 14.7. The maximum atomic E-state index is 13.9. The quantitative estimate of drug-likeness (QED) is 0.818. The average molecular weight is 274 g/mol. The van der Waals surface area contributed by atoms with E-state index in [1.165, 1.54) is 18.7 Å². The minimum atomic E-state index is -0.406. The Kier molecular flexibility index (Phi) is 4.13. The highest BCUT2D eigenvalue weighted by molar-refractivity contribution is 5.67. The van der Waals surface area contributed by atoms with Crippen molar-refractivity contribution in [2.75, 3.05) is 18.2 Å². The molecule has 2 aromatic rings. The Hall–Kier alpha value is -2.23. The molecule has 0 radical (unpaired) electrons.